The molecule has 0 spiro atoms. The molecule has 0 saturated heterocycles. The number of alkyl halides is 3. The van der Waals surface area contributed by atoms with Crippen LogP contribution in [0.15, 0.2) is 65.6 Å². The predicted octanol–water partition coefficient (Wildman–Crippen LogP) is 6.33. The summed E-state index contributed by atoms with van der Waals surface area (Å²) in [4.78, 5) is 27.2. The zero-order chi connectivity index (χ0) is 30.7. The maximum atomic E-state index is 13.8. The minimum atomic E-state index is -4.91. The number of halogens is 6. The molecule has 3 aromatic rings. The highest BCUT2D eigenvalue weighted by Crippen LogP contribution is 2.38. The number of aryl methyl sites for hydroxylation is 1. The monoisotopic (exact) mass is 649 g/mol. The Labute approximate surface area is 250 Å². The molecule has 3 aromatic carbocycles. The van der Waals surface area contributed by atoms with Gasteiger partial charge in [-0.2, -0.15) is 13.2 Å². The molecule has 2 amide bonds. The van der Waals surface area contributed by atoms with E-state index in [2.05, 4.69) is 5.32 Å². The quantitative estimate of drug-likeness (QED) is 0.293. The Morgan fingerprint density at radius 3 is 2.07 bits per heavy atom. The van der Waals surface area contributed by atoms with Gasteiger partial charge in [-0.05, 0) is 56.3 Å². The van der Waals surface area contributed by atoms with Crippen molar-refractivity contribution in [2.24, 2.45) is 0 Å². The molecule has 0 fully saturated rings. The SMILES string of the molecule is CNC(=O)C(C)N(Cc1c(Cl)cccc1Cl)C(=O)CN(c1ccc(Cl)c(C(F)(F)F)c1)S(=O)(=O)c1ccc(C)cc1. The second-order valence-electron chi connectivity index (χ2n) is 9.00. The molecular formula is C27H25Cl3F3N3O4S. The molecule has 0 radical (unpaired) electrons. The third-order valence-electron chi connectivity index (χ3n) is 6.24. The van der Waals surface area contributed by atoms with Gasteiger partial charge in [0.25, 0.3) is 10.0 Å². The van der Waals surface area contributed by atoms with Gasteiger partial charge in [0.15, 0.2) is 0 Å². The molecule has 3 rings (SSSR count). The first-order chi connectivity index (χ1) is 19.1. The van der Waals surface area contributed by atoms with Crippen LogP contribution in [0, 0.1) is 6.92 Å². The lowest BCUT2D eigenvalue weighted by Crippen LogP contribution is -2.50. The smallest absolute Gasteiger partial charge is 0.357 e. The molecule has 1 unspecified atom stereocenters. The van der Waals surface area contributed by atoms with E-state index >= 15 is 0 Å². The summed E-state index contributed by atoms with van der Waals surface area (Å²) in [5, 5.41) is 2.15. The Kier molecular flexibility index (Phi) is 10.2. The van der Waals surface area contributed by atoms with Crippen molar-refractivity contribution >= 4 is 62.3 Å². The molecule has 0 aliphatic rings. The van der Waals surface area contributed by atoms with Gasteiger partial charge in [0, 0.05) is 29.2 Å². The number of nitrogens with zero attached hydrogens (tertiary/aromatic N) is 2. The first kappa shape index (κ1) is 32.5. The standard InChI is InChI=1S/C27H25Cl3F3N3O4S/c1-16-7-10-19(11-8-16)41(39,40)36(18-9-12-24(30)21(13-18)27(31,32)33)15-25(37)35(17(2)26(38)34-3)14-20-22(28)5-4-6-23(20)29/h4-13,17H,14-15H2,1-3H3,(H,34,38). The molecule has 0 bridgehead atoms. The van der Waals surface area contributed by atoms with Crippen molar-refractivity contribution < 1.29 is 31.2 Å². The van der Waals surface area contributed by atoms with E-state index in [9.17, 15) is 31.2 Å². The van der Waals surface area contributed by atoms with Crippen molar-refractivity contribution in [2.45, 2.75) is 37.5 Å². The van der Waals surface area contributed by atoms with Gasteiger partial charge in [0.2, 0.25) is 11.8 Å². The summed E-state index contributed by atoms with van der Waals surface area (Å²) in [5.41, 5.74) is -0.719. The maximum Gasteiger partial charge on any atom is 0.417 e. The Morgan fingerprint density at radius 1 is 0.951 bits per heavy atom. The second-order valence-corrected chi connectivity index (χ2v) is 12.1. The van der Waals surface area contributed by atoms with Crippen LogP contribution in [0.1, 0.15) is 23.6 Å². The second kappa shape index (κ2) is 12.9. The molecule has 1 atom stereocenters. The molecule has 41 heavy (non-hydrogen) atoms. The van der Waals surface area contributed by atoms with Crippen molar-refractivity contribution in [3.05, 3.63) is 92.4 Å². The van der Waals surface area contributed by atoms with Crippen molar-refractivity contribution in [3.63, 3.8) is 0 Å². The van der Waals surface area contributed by atoms with Gasteiger partial charge in [-0.1, -0.05) is 58.6 Å². The minimum absolute atomic E-state index is 0.191. The van der Waals surface area contributed by atoms with E-state index in [1.165, 1.54) is 50.4 Å². The molecule has 1 N–H and O–H groups in total. The van der Waals surface area contributed by atoms with E-state index in [1.54, 1.807) is 13.0 Å². The Hall–Kier alpha value is -2.99. The molecule has 14 heteroatoms. The third-order valence-corrected chi connectivity index (χ3v) is 9.06. The molecule has 0 aromatic heterocycles. The topological polar surface area (TPSA) is 86.8 Å². The number of sulfonamides is 1. The summed E-state index contributed by atoms with van der Waals surface area (Å²) >= 11 is 18.4. The zero-order valence-electron chi connectivity index (χ0n) is 22.0. The number of carbonyl (C=O) groups excluding carboxylic acids is 2. The molecule has 0 aliphatic carbocycles. The number of amides is 2. The lowest BCUT2D eigenvalue weighted by Gasteiger charge is -2.32. The fraction of sp³-hybridized carbons (Fsp3) is 0.259. The summed E-state index contributed by atoms with van der Waals surface area (Å²) in [5.74, 6) is -1.49. The lowest BCUT2D eigenvalue weighted by atomic mass is 10.1. The van der Waals surface area contributed by atoms with Crippen molar-refractivity contribution in [1.29, 1.82) is 0 Å². The summed E-state index contributed by atoms with van der Waals surface area (Å²) in [6.45, 7) is 1.88. The van der Waals surface area contributed by atoms with Gasteiger partial charge in [0.1, 0.15) is 12.6 Å². The molecule has 0 heterocycles. The number of rotatable bonds is 9. The van der Waals surface area contributed by atoms with Gasteiger partial charge in [-0.25, -0.2) is 8.42 Å². The average Bonchev–Trinajstić information content (AvgIpc) is 2.90. The van der Waals surface area contributed by atoms with E-state index in [-0.39, 0.29) is 21.5 Å². The minimum Gasteiger partial charge on any atom is -0.357 e. The number of nitrogens with one attached hydrogen (secondary N) is 1. The van der Waals surface area contributed by atoms with Crippen molar-refractivity contribution in [2.75, 3.05) is 17.9 Å². The van der Waals surface area contributed by atoms with Crippen LogP contribution in [0.4, 0.5) is 18.9 Å². The number of hydrogen-bond donors (Lipinski definition) is 1. The van der Waals surface area contributed by atoms with Crippen LogP contribution >= 0.6 is 34.8 Å². The highest BCUT2D eigenvalue weighted by Gasteiger charge is 2.37. The van der Waals surface area contributed by atoms with E-state index in [0.717, 1.165) is 22.6 Å². The summed E-state index contributed by atoms with van der Waals surface area (Å²) in [6.07, 6.45) is -4.91. The van der Waals surface area contributed by atoms with Gasteiger partial charge < -0.3 is 10.2 Å². The number of anilines is 1. The fourth-order valence-electron chi connectivity index (χ4n) is 3.90. The summed E-state index contributed by atoms with van der Waals surface area (Å²) in [6, 6.07) is 11.6. The number of likely N-dealkylation sites (N-methyl/N-ethyl adjacent to an activating group) is 1. The number of benzene rings is 3. The van der Waals surface area contributed by atoms with Crippen LogP contribution in [0.2, 0.25) is 15.1 Å². The van der Waals surface area contributed by atoms with Gasteiger partial charge in [-0.15, -0.1) is 0 Å². The van der Waals surface area contributed by atoms with E-state index in [0.29, 0.717) is 15.9 Å². The molecule has 0 saturated carbocycles. The van der Waals surface area contributed by atoms with Crippen molar-refractivity contribution in [3.8, 4) is 0 Å². The highest BCUT2D eigenvalue weighted by atomic mass is 35.5. The van der Waals surface area contributed by atoms with E-state index in [4.69, 9.17) is 34.8 Å². The average molecular weight is 651 g/mol. The van der Waals surface area contributed by atoms with Crippen molar-refractivity contribution in [1.82, 2.24) is 10.2 Å². The Balaban J connectivity index is 2.16. The highest BCUT2D eigenvalue weighted by molar-refractivity contribution is 7.92. The van der Waals surface area contributed by atoms with Gasteiger partial charge in [0.05, 0.1) is 21.2 Å². The fourth-order valence-corrected chi connectivity index (χ4v) is 6.04. The van der Waals surface area contributed by atoms with Crippen LogP contribution in [0.3, 0.4) is 0 Å². The van der Waals surface area contributed by atoms with Crippen LogP contribution in [0.5, 0.6) is 0 Å². The Morgan fingerprint density at radius 2 is 1.54 bits per heavy atom. The van der Waals surface area contributed by atoms with Gasteiger partial charge in [-0.3, -0.25) is 13.9 Å². The first-order valence-corrected chi connectivity index (χ1v) is 14.6. The van der Waals surface area contributed by atoms with Crippen LogP contribution in [0.25, 0.3) is 0 Å². The largest absolute Gasteiger partial charge is 0.417 e. The number of carbonyl (C=O) groups is 2. The number of hydrogen-bond acceptors (Lipinski definition) is 4. The van der Waals surface area contributed by atoms with Crippen LogP contribution < -0.4 is 9.62 Å². The molecule has 220 valence electrons. The normalized spacial score (nSPS) is 12.5. The van der Waals surface area contributed by atoms with Gasteiger partial charge >= 0.3 is 6.18 Å². The molecular weight excluding hydrogens is 626 g/mol. The third kappa shape index (κ3) is 7.45. The maximum absolute atomic E-state index is 13.8. The molecule has 0 aliphatic heterocycles. The first-order valence-electron chi connectivity index (χ1n) is 12.0. The Bertz CT molecular complexity index is 1530. The van der Waals surface area contributed by atoms with E-state index < -0.39 is 56.9 Å². The predicted molar refractivity (Wildman–Crippen MR) is 153 cm³/mol. The van der Waals surface area contributed by atoms with Crippen LogP contribution in [-0.4, -0.2) is 44.8 Å². The van der Waals surface area contributed by atoms with E-state index in [1.807, 2.05) is 0 Å². The summed E-state index contributed by atoms with van der Waals surface area (Å²) < 4.78 is 69.2. The lowest BCUT2D eigenvalue weighted by molar-refractivity contribution is -0.139. The van der Waals surface area contributed by atoms with Crippen LogP contribution in [-0.2, 0) is 32.3 Å². The zero-order valence-corrected chi connectivity index (χ0v) is 25.1. The summed E-state index contributed by atoms with van der Waals surface area (Å²) in [7, 11) is -3.24. The molecule has 7 nitrogen and oxygen atoms in total.